The Bertz CT molecular complexity index is 64.7. The summed E-state index contributed by atoms with van der Waals surface area (Å²) in [5.41, 5.74) is 0. The van der Waals surface area contributed by atoms with Crippen LogP contribution in [0.25, 0.3) is 0 Å². The van der Waals surface area contributed by atoms with E-state index in [2.05, 4.69) is 19.1 Å². The van der Waals surface area contributed by atoms with Crippen LogP contribution >= 0.6 is 23.8 Å². The predicted molar refractivity (Wildman–Crippen MR) is 39.3 cm³/mol. The maximum atomic E-state index is 5.42. The van der Waals surface area contributed by atoms with Crippen LogP contribution in [-0.2, 0) is 0 Å². The molecule has 0 aromatic carbocycles. The topological polar surface area (TPSA) is 0 Å². The Morgan fingerprint density at radius 3 is 2.57 bits per heavy atom. The summed E-state index contributed by atoms with van der Waals surface area (Å²) >= 11 is 10.5. The second-order valence-corrected chi connectivity index (χ2v) is 5.51. The molecule has 0 nitrogen and oxygen atoms in total. The zero-order valence-electron chi connectivity index (χ0n) is 4.11. The summed E-state index contributed by atoms with van der Waals surface area (Å²) in [5.74, 6) is 0. The first-order chi connectivity index (χ1) is 3.27. The van der Waals surface area contributed by atoms with E-state index in [0.29, 0.717) is 18.2 Å². The van der Waals surface area contributed by atoms with Crippen molar-refractivity contribution in [3.8, 4) is 0 Å². The Hall–Kier alpha value is 0.899. The van der Waals surface area contributed by atoms with Crippen molar-refractivity contribution in [2.24, 2.45) is 0 Å². The van der Waals surface area contributed by atoms with Gasteiger partial charge in [0.2, 0.25) is 0 Å². The molecule has 0 aliphatic carbocycles. The Labute approximate surface area is 60.8 Å². The minimum absolute atomic E-state index is 0.422. The van der Waals surface area contributed by atoms with E-state index < -0.39 is 0 Å². The third-order valence-corrected chi connectivity index (χ3v) is 3.36. The van der Waals surface area contributed by atoms with Crippen LogP contribution in [0.5, 0.6) is 0 Å². The molecule has 0 saturated heterocycles. The van der Waals surface area contributed by atoms with Gasteiger partial charge in [0.05, 0.1) is 0 Å². The first-order valence-corrected chi connectivity index (χ1v) is 4.95. The molecule has 0 fully saturated rings. The standard InChI is InChI=1S/C4H7ClSSe/c1-2-3-7-4(5)6/h2-3H2,1H3. The Morgan fingerprint density at radius 1 is 1.86 bits per heavy atom. The van der Waals surface area contributed by atoms with Crippen LogP contribution in [0.3, 0.4) is 0 Å². The fourth-order valence-electron chi connectivity index (χ4n) is 0.182. The third kappa shape index (κ3) is 6.90. The van der Waals surface area contributed by atoms with Crippen LogP contribution in [0.4, 0.5) is 0 Å². The van der Waals surface area contributed by atoms with Gasteiger partial charge in [0.1, 0.15) is 0 Å². The molecular weight excluding hydrogens is 195 g/mol. The van der Waals surface area contributed by atoms with E-state index in [9.17, 15) is 0 Å². The summed E-state index contributed by atoms with van der Waals surface area (Å²) in [6, 6.07) is 0. The average Bonchev–Trinajstić information content (AvgIpc) is 1.61. The Kier molecular flexibility index (Phi) is 5.69. The van der Waals surface area contributed by atoms with Gasteiger partial charge in [0, 0.05) is 0 Å². The van der Waals surface area contributed by atoms with Gasteiger partial charge >= 0.3 is 60.7 Å². The quantitative estimate of drug-likeness (QED) is 0.383. The fourth-order valence-corrected chi connectivity index (χ4v) is 1.78. The second-order valence-electron chi connectivity index (χ2n) is 1.09. The Morgan fingerprint density at radius 2 is 2.43 bits per heavy atom. The molecule has 7 heavy (non-hydrogen) atoms. The predicted octanol–water partition coefficient (Wildman–Crippen LogP) is 2.04. The van der Waals surface area contributed by atoms with Crippen LogP contribution in [0, 0.1) is 0 Å². The fraction of sp³-hybridized carbons (Fsp3) is 0.750. The molecule has 0 amide bonds. The molecule has 0 aliphatic rings. The van der Waals surface area contributed by atoms with Crippen molar-refractivity contribution in [1.29, 1.82) is 0 Å². The normalized spacial score (nSPS) is 8.86. The van der Waals surface area contributed by atoms with Gasteiger partial charge in [0.25, 0.3) is 0 Å². The number of hydrogen-bond acceptors (Lipinski definition) is 1. The summed E-state index contributed by atoms with van der Waals surface area (Å²) in [5, 5.41) is 1.19. The molecule has 3 heteroatoms. The zero-order chi connectivity index (χ0) is 5.70. The van der Waals surface area contributed by atoms with Crippen LogP contribution in [0.15, 0.2) is 0 Å². The molecule has 0 spiro atoms. The van der Waals surface area contributed by atoms with Crippen LogP contribution in [0.2, 0.25) is 5.32 Å². The molecule has 0 heterocycles. The summed E-state index contributed by atoms with van der Waals surface area (Å²) < 4.78 is 0.675. The van der Waals surface area contributed by atoms with E-state index in [1.807, 2.05) is 0 Å². The van der Waals surface area contributed by atoms with E-state index in [0.717, 1.165) is 0 Å². The van der Waals surface area contributed by atoms with Gasteiger partial charge in [-0.2, -0.15) is 0 Å². The summed E-state index contributed by atoms with van der Waals surface area (Å²) in [4.78, 5) is 0. The van der Waals surface area contributed by atoms with Crippen molar-refractivity contribution in [2.45, 2.75) is 18.7 Å². The molecule has 42 valence electrons. The van der Waals surface area contributed by atoms with E-state index >= 15 is 0 Å². The minimum atomic E-state index is 0.422. The number of thiocarbonyl (C=S) groups is 1. The molecule has 0 saturated carbocycles. The van der Waals surface area contributed by atoms with Gasteiger partial charge < -0.3 is 0 Å². The van der Waals surface area contributed by atoms with Crippen LogP contribution in [-0.4, -0.2) is 18.2 Å². The van der Waals surface area contributed by atoms with Crippen molar-refractivity contribution in [3.05, 3.63) is 0 Å². The van der Waals surface area contributed by atoms with Gasteiger partial charge in [-0.05, 0) is 0 Å². The number of halogens is 1. The summed E-state index contributed by atoms with van der Waals surface area (Å²) in [6.07, 6.45) is 1.20. The molecule has 0 aromatic rings. The van der Waals surface area contributed by atoms with Crippen molar-refractivity contribution in [3.63, 3.8) is 0 Å². The molecule has 0 radical (unpaired) electrons. The first-order valence-electron chi connectivity index (χ1n) is 2.09. The molecule has 0 N–H and O–H groups in total. The molecular formula is C4H7ClSSe. The van der Waals surface area contributed by atoms with Gasteiger partial charge in [-0.3, -0.25) is 0 Å². The second kappa shape index (κ2) is 5.04. The van der Waals surface area contributed by atoms with E-state index in [1.54, 1.807) is 0 Å². The van der Waals surface area contributed by atoms with Gasteiger partial charge in [-0.25, -0.2) is 0 Å². The number of rotatable bonds is 3. The number of hydrogen-bond donors (Lipinski definition) is 0. The van der Waals surface area contributed by atoms with Crippen LogP contribution in [0.1, 0.15) is 13.3 Å². The van der Waals surface area contributed by atoms with Crippen molar-refractivity contribution >= 4 is 42.0 Å². The SMILES string of the molecule is CCC[Se]C(=S)Cl. The van der Waals surface area contributed by atoms with Crippen molar-refractivity contribution < 1.29 is 0 Å². The van der Waals surface area contributed by atoms with Gasteiger partial charge in [-0.15, -0.1) is 0 Å². The molecule has 0 rings (SSSR count). The third-order valence-electron chi connectivity index (χ3n) is 0.420. The first kappa shape index (κ1) is 7.90. The van der Waals surface area contributed by atoms with E-state index in [1.165, 1.54) is 11.7 Å². The Balaban J connectivity index is 2.82. The van der Waals surface area contributed by atoms with Gasteiger partial charge in [-0.1, -0.05) is 0 Å². The molecule has 0 unspecified atom stereocenters. The molecule has 0 aliphatic heterocycles. The average molecular weight is 202 g/mol. The molecule has 0 bridgehead atoms. The zero-order valence-corrected chi connectivity index (χ0v) is 7.39. The van der Waals surface area contributed by atoms with E-state index in [4.69, 9.17) is 11.6 Å². The molecule has 0 atom stereocenters. The molecule has 0 aromatic heterocycles. The van der Waals surface area contributed by atoms with Crippen molar-refractivity contribution in [2.75, 3.05) is 0 Å². The maximum absolute atomic E-state index is 5.42. The van der Waals surface area contributed by atoms with Crippen LogP contribution < -0.4 is 0 Å². The van der Waals surface area contributed by atoms with E-state index in [-0.39, 0.29) is 0 Å². The monoisotopic (exact) mass is 202 g/mol. The summed E-state index contributed by atoms with van der Waals surface area (Å²) in [6.45, 7) is 2.14. The summed E-state index contributed by atoms with van der Waals surface area (Å²) in [7, 11) is 0. The van der Waals surface area contributed by atoms with Gasteiger partial charge in [0.15, 0.2) is 0 Å². The van der Waals surface area contributed by atoms with Crippen molar-refractivity contribution in [1.82, 2.24) is 0 Å².